The molecule has 156 valence electrons. The van der Waals surface area contributed by atoms with Crippen LogP contribution in [0, 0.1) is 5.82 Å². The highest BCUT2D eigenvalue weighted by Gasteiger charge is 2.24. The zero-order valence-electron chi connectivity index (χ0n) is 16.4. The number of thiophene rings is 1. The topological polar surface area (TPSA) is 29.3 Å². The molecule has 0 saturated carbocycles. The van der Waals surface area contributed by atoms with Crippen molar-refractivity contribution in [1.82, 2.24) is 10.1 Å². The van der Waals surface area contributed by atoms with Crippen molar-refractivity contribution in [1.29, 1.82) is 0 Å². The van der Waals surface area contributed by atoms with Crippen molar-refractivity contribution >= 4 is 50.0 Å². The minimum Gasteiger partial charge on any atom is -0.356 e. The van der Waals surface area contributed by atoms with Crippen LogP contribution in [0.5, 0.6) is 0 Å². The van der Waals surface area contributed by atoms with Crippen LogP contribution in [-0.4, -0.2) is 35.4 Å². The molecule has 0 atom stereocenters. The van der Waals surface area contributed by atoms with E-state index in [1.807, 2.05) is 23.1 Å². The maximum absolute atomic E-state index is 13.3. The summed E-state index contributed by atoms with van der Waals surface area (Å²) >= 11 is 7.31. The number of rotatable bonds is 9. The first-order chi connectivity index (χ1) is 14.2. The molecule has 0 N–H and O–H groups in total. The number of hydrogen-bond acceptors (Lipinski definition) is 5. The maximum Gasteiger partial charge on any atom is 0.170 e. The van der Waals surface area contributed by atoms with E-state index in [9.17, 15) is 4.39 Å². The van der Waals surface area contributed by atoms with Crippen molar-refractivity contribution in [2.45, 2.75) is 48.7 Å². The number of halogens is 2. The van der Waals surface area contributed by atoms with Gasteiger partial charge in [0.25, 0.3) is 0 Å². The van der Waals surface area contributed by atoms with Gasteiger partial charge in [-0.25, -0.2) is 4.39 Å². The Hall–Kier alpha value is -0.890. The fourth-order valence-corrected chi connectivity index (χ4v) is 6.90. The van der Waals surface area contributed by atoms with Gasteiger partial charge in [0.15, 0.2) is 5.58 Å². The number of benzene rings is 1. The first-order valence-electron chi connectivity index (χ1n) is 10.3. The zero-order chi connectivity index (χ0) is 20.1. The SMILES string of the molecule is Fc1ccc2c(C3CCN(CCCCCCSc4ccc(Br)s4)CC3)noc2c1. The van der Waals surface area contributed by atoms with Gasteiger partial charge in [-0.15, -0.1) is 23.1 Å². The third kappa shape index (κ3) is 5.84. The molecule has 0 radical (unpaired) electrons. The molecule has 7 heteroatoms. The molecule has 3 heterocycles. The second-order valence-electron chi connectivity index (χ2n) is 7.65. The zero-order valence-corrected chi connectivity index (χ0v) is 19.6. The number of aromatic nitrogens is 1. The van der Waals surface area contributed by atoms with Crippen LogP contribution >= 0.6 is 39.0 Å². The van der Waals surface area contributed by atoms with Gasteiger partial charge in [-0.3, -0.25) is 0 Å². The molecule has 0 aliphatic carbocycles. The maximum atomic E-state index is 13.3. The first-order valence-corrected chi connectivity index (χ1v) is 12.9. The van der Waals surface area contributed by atoms with Crippen LogP contribution in [-0.2, 0) is 0 Å². The molecule has 0 amide bonds. The molecule has 1 saturated heterocycles. The lowest BCUT2D eigenvalue weighted by Crippen LogP contribution is -2.33. The highest BCUT2D eigenvalue weighted by atomic mass is 79.9. The minimum absolute atomic E-state index is 0.270. The van der Waals surface area contributed by atoms with Crippen molar-refractivity contribution in [2.75, 3.05) is 25.4 Å². The summed E-state index contributed by atoms with van der Waals surface area (Å²) in [6, 6.07) is 9.05. The Kier molecular flexibility index (Phi) is 7.67. The van der Waals surface area contributed by atoms with Crippen LogP contribution in [0.1, 0.15) is 50.1 Å². The van der Waals surface area contributed by atoms with Crippen LogP contribution in [0.25, 0.3) is 11.0 Å². The van der Waals surface area contributed by atoms with E-state index in [0.717, 1.165) is 37.0 Å². The Morgan fingerprint density at radius 1 is 1.14 bits per heavy atom. The lowest BCUT2D eigenvalue weighted by Gasteiger charge is -2.31. The van der Waals surface area contributed by atoms with E-state index in [4.69, 9.17) is 4.52 Å². The third-order valence-electron chi connectivity index (χ3n) is 5.60. The number of nitrogens with zero attached hydrogens (tertiary/aromatic N) is 2. The standard InChI is InChI=1S/C22H26BrFN2OS2/c23-20-7-8-21(29-20)28-14-4-2-1-3-11-26-12-9-16(10-13-26)22-18-6-5-17(24)15-19(18)27-25-22/h5-8,15-16H,1-4,9-14H2. The van der Waals surface area contributed by atoms with Crippen LogP contribution in [0.2, 0.25) is 0 Å². The van der Waals surface area contributed by atoms with Gasteiger partial charge in [0.2, 0.25) is 0 Å². The van der Waals surface area contributed by atoms with Crippen molar-refractivity contribution in [2.24, 2.45) is 0 Å². The summed E-state index contributed by atoms with van der Waals surface area (Å²) in [5, 5.41) is 5.22. The van der Waals surface area contributed by atoms with E-state index in [0.29, 0.717) is 11.5 Å². The highest BCUT2D eigenvalue weighted by molar-refractivity contribution is 9.11. The Bertz CT molecular complexity index is 921. The molecule has 3 nitrogen and oxygen atoms in total. The first kappa shape index (κ1) is 21.3. The number of fused-ring (bicyclic) bond motifs is 1. The monoisotopic (exact) mass is 496 g/mol. The average Bonchev–Trinajstić information content (AvgIpc) is 3.33. The van der Waals surface area contributed by atoms with Gasteiger partial charge in [-0.1, -0.05) is 18.0 Å². The van der Waals surface area contributed by atoms with Gasteiger partial charge >= 0.3 is 0 Å². The van der Waals surface area contributed by atoms with Crippen LogP contribution in [0.4, 0.5) is 4.39 Å². The van der Waals surface area contributed by atoms with E-state index >= 15 is 0 Å². The molecular weight excluding hydrogens is 471 g/mol. The quantitative estimate of drug-likeness (QED) is 0.229. The Morgan fingerprint density at radius 2 is 1.97 bits per heavy atom. The Labute approximate surface area is 188 Å². The number of unbranched alkanes of at least 4 members (excludes halogenated alkanes) is 3. The predicted molar refractivity (Wildman–Crippen MR) is 124 cm³/mol. The van der Waals surface area contributed by atoms with E-state index in [2.05, 4.69) is 38.1 Å². The van der Waals surface area contributed by atoms with Gasteiger partial charge in [0.05, 0.1) is 13.7 Å². The molecule has 0 bridgehead atoms. The number of thioether (sulfide) groups is 1. The molecule has 1 aromatic carbocycles. The van der Waals surface area contributed by atoms with Crippen molar-refractivity contribution in [3.05, 3.63) is 45.6 Å². The van der Waals surface area contributed by atoms with E-state index in [1.165, 1.54) is 58.1 Å². The molecule has 1 fully saturated rings. The number of likely N-dealkylation sites (tertiary alicyclic amines) is 1. The summed E-state index contributed by atoms with van der Waals surface area (Å²) in [7, 11) is 0. The molecule has 3 aromatic rings. The van der Waals surface area contributed by atoms with Crippen LogP contribution < -0.4 is 0 Å². The van der Waals surface area contributed by atoms with E-state index in [1.54, 1.807) is 6.07 Å². The average molecular weight is 497 g/mol. The summed E-state index contributed by atoms with van der Waals surface area (Å²) in [5.74, 6) is 1.37. The molecule has 0 spiro atoms. The lowest BCUT2D eigenvalue weighted by molar-refractivity contribution is 0.205. The van der Waals surface area contributed by atoms with E-state index < -0.39 is 0 Å². The predicted octanol–water partition coefficient (Wildman–Crippen LogP) is 7.32. The normalized spacial score (nSPS) is 16.1. The molecule has 29 heavy (non-hydrogen) atoms. The number of piperidine rings is 1. The molecular formula is C22H26BrFN2OS2. The largest absolute Gasteiger partial charge is 0.356 e. The molecule has 2 aromatic heterocycles. The Balaban J connectivity index is 1.11. The van der Waals surface area contributed by atoms with Gasteiger partial charge < -0.3 is 9.42 Å². The molecule has 1 aliphatic heterocycles. The summed E-state index contributed by atoms with van der Waals surface area (Å²) in [6.45, 7) is 3.43. The van der Waals surface area contributed by atoms with Crippen molar-refractivity contribution in [3.63, 3.8) is 0 Å². The second-order valence-corrected chi connectivity index (χ2v) is 11.5. The summed E-state index contributed by atoms with van der Waals surface area (Å²) in [5.41, 5.74) is 1.57. The second kappa shape index (κ2) is 10.4. The summed E-state index contributed by atoms with van der Waals surface area (Å²) in [4.78, 5) is 2.58. The van der Waals surface area contributed by atoms with Crippen molar-refractivity contribution < 1.29 is 8.91 Å². The smallest absolute Gasteiger partial charge is 0.170 e. The fourth-order valence-electron chi connectivity index (χ4n) is 3.99. The van der Waals surface area contributed by atoms with Gasteiger partial charge in [-0.2, -0.15) is 0 Å². The minimum atomic E-state index is -0.270. The van der Waals surface area contributed by atoms with Gasteiger partial charge in [0, 0.05) is 17.4 Å². The molecule has 4 rings (SSSR count). The number of hydrogen-bond donors (Lipinski definition) is 0. The Morgan fingerprint density at radius 3 is 2.76 bits per heavy atom. The summed E-state index contributed by atoms with van der Waals surface area (Å²) < 4.78 is 21.3. The van der Waals surface area contributed by atoms with Crippen LogP contribution in [0.15, 0.2) is 42.9 Å². The van der Waals surface area contributed by atoms with E-state index in [-0.39, 0.29) is 5.82 Å². The van der Waals surface area contributed by atoms with Crippen molar-refractivity contribution in [3.8, 4) is 0 Å². The molecule has 0 unspecified atom stereocenters. The molecule has 1 aliphatic rings. The fraction of sp³-hybridized carbons (Fsp3) is 0.500. The van der Waals surface area contributed by atoms with Gasteiger partial charge in [-0.05, 0) is 91.3 Å². The highest BCUT2D eigenvalue weighted by Crippen LogP contribution is 2.33. The van der Waals surface area contributed by atoms with Crippen LogP contribution in [0.3, 0.4) is 0 Å². The lowest BCUT2D eigenvalue weighted by atomic mass is 9.91. The third-order valence-corrected chi connectivity index (χ3v) is 8.53. The summed E-state index contributed by atoms with van der Waals surface area (Å²) in [6.07, 6.45) is 7.41. The van der Waals surface area contributed by atoms with Gasteiger partial charge in [0.1, 0.15) is 5.82 Å².